The number of rotatable bonds is 5. The molecule has 1 aromatic carbocycles. The lowest BCUT2D eigenvalue weighted by Gasteiger charge is -2.10. The molecule has 0 aliphatic heterocycles. The van der Waals surface area contributed by atoms with Gasteiger partial charge in [0.15, 0.2) is 0 Å². The van der Waals surface area contributed by atoms with Gasteiger partial charge >= 0.3 is 0 Å². The van der Waals surface area contributed by atoms with E-state index >= 15 is 0 Å². The Labute approximate surface area is 113 Å². The van der Waals surface area contributed by atoms with E-state index in [9.17, 15) is 16.8 Å². The number of nitriles is 1. The highest BCUT2D eigenvalue weighted by atomic mass is 32.2. The molecule has 0 spiro atoms. The van der Waals surface area contributed by atoms with Crippen LogP contribution in [0.15, 0.2) is 18.2 Å². The van der Waals surface area contributed by atoms with Crippen LogP contribution in [-0.4, -0.2) is 34.6 Å². The molecular formula is C11H14N2O4S2. The maximum absolute atomic E-state index is 11.7. The van der Waals surface area contributed by atoms with Crippen LogP contribution in [0.3, 0.4) is 0 Å². The van der Waals surface area contributed by atoms with Crippen molar-refractivity contribution in [3.05, 3.63) is 29.3 Å². The van der Waals surface area contributed by atoms with Crippen LogP contribution in [0.2, 0.25) is 0 Å². The number of sulfonamides is 1. The van der Waals surface area contributed by atoms with Gasteiger partial charge in [-0.25, -0.2) is 16.8 Å². The van der Waals surface area contributed by atoms with E-state index in [1.54, 1.807) is 19.1 Å². The number of hydrogen-bond donors (Lipinski definition) is 1. The molecule has 0 aromatic heterocycles. The maximum Gasteiger partial charge on any atom is 0.233 e. The number of nitrogens with one attached hydrogen (secondary N) is 1. The summed E-state index contributed by atoms with van der Waals surface area (Å²) < 4.78 is 47.7. The molecule has 19 heavy (non-hydrogen) atoms. The molecule has 0 amide bonds. The highest BCUT2D eigenvalue weighted by molar-refractivity contribution is 7.95. The van der Waals surface area contributed by atoms with Gasteiger partial charge in [-0.1, -0.05) is 6.07 Å². The molecule has 0 saturated heterocycles. The van der Waals surface area contributed by atoms with Crippen molar-refractivity contribution in [2.45, 2.75) is 6.92 Å². The summed E-state index contributed by atoms with van der Waals surface area (Å²) in [4.78, 5) is 0. The number of hydrogen-bond acceptors (Lipinski definition) is 5. The molecule has 0 unspecified atom stereocenters. The number of sulfone groups is 1. The minimum absolute atomic E-state index is 0.285. The zero-order valence-electron chi connectivity index (χ0n) is 10.5. The zero-order chi connectivity index (χ0) is 14.7. The standard InChI is InChI=1S/C11H14N2O4S2/c1-9-3-4-10(8-12)7-11(9)13-19(16,17)6-5-18(2,14)15/h3-4,7,13H,5-6H2,1-2H3. The Morgan fingerprint density at radius 2 is 1.84 bits per heavy atom. The first-order valence-electron chi connectivity index (χ1n) is 5.32. The third kappa shape index (κ3) is 5.28. The smallest absolute Gasteiger partial charge is 0.233 e. The number of anilines is 1. The lowest BCUT2D eigenvalue weighted by Crippen LogP contribution is -2.22. The minimum Gasteiger partial charge on any atom is -0.283 e. The summed E-state index contributed by atoms with van der Waals surface area (Å²) in [5.74, 6) is -0.957. The van der Waals surface area contributed by atoms with Gasteiger partial charge in [-0.2, -0.15) is 5.26 Å². The molecule has 1 aromatic rings. The Bertz CT molecular complexity index is 716. The van der Waals surface area contributed by atoms with Crippen molar-refractivity contribution >= 4 is 25.5 Å². The minimum atomic E-state index is -3.75. The van der Waals surface area contributed by atoms with E-state index in [2.05, 4.69) is 4.72 Å². The van der Waals surface area contributed by atoms with Gasteiger partial charge in [-0.3, -0.25) is 4.72 Å². The van der Waals surface area contributed by atoms with Crippen molar-refractivity contribution < 1.29 is 16.8 Å². The van der Waals surface area contributed by atoms with Crippen LogP contribution in [-0.2, 0) is 19.9 Å². The van der Waals surface area contributed by atoms with E-state index in [0.717, 1.165) is 6.26 Å². The Kier molecular flexibility index (Phi) is 4.55. The summed E-state index contributed by atoms with van der Waals surface area (Å²) in [5, 5.41) is 8.75. The topological polar surface area (TPSA) is 104 Å². The summed E-state index contributed by atoms with van der Waals surface area (Å²) in [6, 6.07) is 6.51. The molecule has 0 heterocycles. The van der Waals surface area contributed by atoms with Gasteiger partial charge in [0.25, 0.3) is 0 Å². The third-order valence-corrected chi connectivity index (χ3v) is 4.83. The van der Waals surface area contributed by atoms with Crippen molar-refractivity contribution in [2.75, 3.05) is 22.5 Å². The van der Waals surface area contributed by atoms with Crippen LogP contribution in [0.25, 0.3) is 0 Å². The van der Waals surface area contributed by atoms with Gasteiger partial charge in [-0.05, 0) is 24.6 Å². The van der Waals surface area contributed by atoms with Crippen molar-refractivity contribution in [2.24, 2.45) is 0 Å². The second-order valence-electron chi connectivity index (χ2n) is 4.19. The molecule has 8 heteroatoms. The molecule has 0 aliphatic carbocycles. The summed E-state index contributed by atoms with van der Waals surface area (Å²) in [6.45, 7) is 1.69. The molecule has 1 rings (SSSR count). The summed E-state index contributed by atoms with van der Waals surface area (Å²) >= 11 is 0. The molecule has 0 bridgehead atoms. The molecule has 0 aliphatic rings. The van der Waals surface area contributed by atoms with Gasteiger partial charge < -0.3 is 0 Å². The monoisotopic (exact) mass is 302 g/mol. The van der Waals surface area contributed by atoms with E-state index in [0.29, 0.717) is 11.1 Å². The van der Waals surface area contributed by atoms with Gasteiger partial charge in [0.1, 0.15) is 9.84 Å². The molecule has 1 N–H and O–H groups in total. The van der Waals surface area contributed by atoms with E-state index in [1.807, 2.05) is 6.07 Å². The highest BCUT2D eigenvalue weighted by Gasteiger charge is 2.15. The van der Waals surface area contributed by atoms with E-state index in [4.69, 9.17) is 5.26 Å². The Hall–Kier alpha value is -1.59. The number of benzene rings is 1. The van der Waals surface area contributed by atoms with Gasteiger partial charge in [0.2, 0.25) is 10.0 Å². The molecule has 0 radical (unpaired) electrons. The van der Waals surface area contributed by atoms with Crippen LogP contribution in [0.5, 0.6) is 0 Å². The zero-order valence-corrected chi connectivity index (χ0v) is 12.2. The predicted octanol–water partition coefficient (Wildman–Crippen LogP) is 0.653. The lowest BCUT2D eigenvalue weighted by molar-refractivity contribution is 0.593. The SMILES string of the molecule is Cc1ccc(C#N)cc1NS(=O)(=O)CCS(C)(=O)=O. The van der Waals surface area contributed by atoms with Crippen molar-refractivity contribution in [3.63, 3.8) is 0 Å². The molecule has 6 nitrogen and oxygen atoms in total. The first-order valence-corrected chi connectivity index (χ1v) is 9.03. The first kappa shape index (κ1) is 15.5. The van der Waals surface area contributed by atoms with Crippen LogP contribution >= 0.6 is 0 Å². The van der Waals surface area contributed by atoms with Crippen LogP contribution in [0, 0.1) is 18.3 Å². The van der Waals surface area contributed by atoms with Crippen LogP contribution in [0.1, 0.15) is 11.1 Å². The summed E-state index contributed by atoms with van der Waals surface area (Å²) in [6.07, 6.45) is 0.976. The van der Waals surface area contributed by atoms with E-state index < -0.39 is 31.4 Å². The highest BCUT2D eigenvalue weighted by Crippen LogP contribution is 2.18. The van der Waals surface area contributed by atoms with Gasteiger partial charge in [0.05, 0.1) is 28.8 Å². The molecule has 0 fully saturated rings. The largest absolute Gasteiger partial charge is 0.283 e. The Morgan fingerprint density at radius 3 is 2.37 bits per heavy atom. The molecular weight excluding hydrogens is 288 g/mol. The number of nitrogens with zero attached hydrogens (tertiary/aromatic N) is 1. The molecule has 104 valence electrons. The lowest BCUT2D eigenvalue weighted by atomic mass is 10.1. The van der Waals surface area contributed by atoms with Crippen LogP contribution in [0.4, 0.5) is 5.69 Å². The third-order valence-electron chi connectivity index (χ3n) is 2.35. The van der Waals surface area contributed by atoms with Crippen molar-refractivity contribution in [1.29, 1.82) is 5.26 Å². The predicted molar refractivity (Wildman–Crippen MR) is 73.0 cm³/mol. The van der Waals surface area contributed by atoms with E-state index in [1.165, 1.54) is 6.07 Å². The summed E-state index contributed by atoms with van der Waals surface area (Å²) in [5.41, 5.74) is 1.26. The molecule has 0 atom stereocenters. The fourth-order valence-electron chi connectivity index (χ4n) is 1.28. The van der Waals surface area contributed by atoms with E-state index in [-0.39, 0.29) is 5.69 Å². The number of aryl methyl sites for hydroxylation is 1. The normalized spacial score (nSPS) is 11.8. The van der Waals surface area contributed by atoms with Gasteiger partial charge in [-0.15, -0.1) is 0 Å². The maximum atomic E-state index is 11.7. The average molecular weight is 302 g/mol. The van der Waals surface area contributed by atoms with Crippen molar-refractivity contribution in [1.82, 2.24) is 0 Å². The van der Waals surface area contributed by atoms with Crippen molar-refractivity contribution in [3.8, 4) is 6.07 Å². The van der Waals surface area contributed by atoms with Gasteiger partial charge in [0, 0.05) is 6.26 Å². The quantitative estimate of drug-likeness (QED) is 0.860. The fraction of sp³-hybridized carbons (Fsp3) is 0.364. The first-order chi connectivity index (χ1) is 8.63. The summed E-state index contributed by atoms with van der Waals surface area (Å²) in [7, 11) is -7.10. The second kappa shape index (κ2) is 5.59. The molecule has 0 saturated carbocycles. The average Bonchev–Trinajstić information content (AvgIpc) is 2.29. The Morgan fingerprint density at radius 1 is 1.21 bits per heavy atom. The second-order valence-corrected chi connectivity index (χ2v) is 8.29. The Balaban J connectivity index is 2.93. The fourth-order valence-corrected chi connectivity index (χ4v) is 4.03. The van der Waals surface area contributed by atoms with Crippen LogP contribution < -0.4 is 4.72 Å².